The van der Waals surface area contributed by atoms with E-state index in [4.69, 9.17) is 30.9 Å². The molecule has 1 saturated carbocycles. The van der Waals surface area contributed by atoms with Crippen LogP contribution in [0, 0.1) is 17.3 Å². The number of anilines is 3. The maximum Gasteiger partial charge on any atom is 0.175 e. The number of ether oxygens (including phenoxy) is 2. The number of pyridine rings is 1. The molecule has 3 fully saturated rings. The fraction of sp³-hybridized carbons (Fsp3) is 0.654. The fourth-order valence-electron chi connectivity index (χ4n) is 6.76. The lowest BCUT2D eigenvalue weighted by atomic mass is 9.73. The molecule has 4 atom stereocenters. The van der Waals surface area contributed by atoms with Crippen LogP contribution in [0.4, 0.5) is 17.5 Å². The monoisotopic (exact) mass is 511 g/mol. The van der Waals surface area contributed by atoms with Crippen LogP contribution >= 0.6 is 11.8 Å². The summed E-state index contributed by atoms with van der Waals surface area (Å²) in [6.07, 6.45) is 9.47. The van der Waals surface area contributed by atoms with Gasteiger partial charge < -0.3 is 30.7 Å². The number of methoxy groups -OCH3 is 1. The first-order chi connectivity index (χ1) is 17.5. The number of piperidine rings is 1. The van der Waals surface area contributed by atoms with Crippen LogP contribution in [-0.2, 0) is 4.74 Å². The maximum absolute atomic E-state index is 6.59. The predicted molar refractivity (Wildman–Crippen MR) is 142 cm³/mol. The minimum Gasteiger partial charge on any atom is -0.486 e. The van der Waals surface area contributed by atoms with Gasteiger partial charge in [-0.1, -0.05) is 18.7 Å². The highest BCUT2D eigenvalue weighted by molar-refractivity contribution is 7.99. The highest BCUT2D eigenvalue weighted by Crippen LogP contribution is 2.49. The summed E-state index contributed by atoms with van der Waals surface area (Å²) in [6.45, 7) is 6.56. The van der Waals surface area contributed by atoms with Gasteiger partial charge in [0.2, 0.25) is 0 Å². The van der Waals surface area contributed by atoms with Crippen molar-refractivity contribution in [1.29, 1.82) is 0 Å². The number of hydrogen-bond donors (Lipinski definition) is 2. The van der Waals surface area contributed by atoms with E-state index in [-0.39, 0.29) is 0 Å². The van der Waals surface area contributed by atoms with Crippen molar-refractivity contribution in [2.45, 2.75) is 61.0 Å². The van der Waals surface area contributed by atoms with Gasteiger partial charge >= 0.3 is 0 Å². The van der Waals surface area contributed by atoms with Gasteiger partial charge in [-0.2, -0.15) is 0 Å². The Labute approximate surface area is 217 Å². The second-order valence-electron chi connectivity index (χ2n) is 11.0. The zero-order valence-electron chi connectivity index (χ0n) is 21.2. The number of nitrogens with two attached hydrogens (primary N) is 2. The summed E-state index contributed by atoms with van der Waals surface area (Å²) in [7, 11) is 1.76. The zero-order valence-corrected chi connectivity index (χ0v) is 22.0. The van der Waals surface area contributed by atoms with Crippen molar-refractivity contribution in [3.8, 4) is 5.75 Å². The van der Waals surface area contributed by atoms with E-state index in [1.54, 1.807) is 7.11 Å². The van der Waals surface area contributed by atoms with Crippen LogP contribution in [0.3, 0.4) is 0 Å². The van der Waals surface area contributed by atoms with Crippen LogP contribution in [0.15, 0.2) is 28.4 Å². The number of nitrogen functional groups attached to an aromatic ring is 1. The van der Waals surface area contributed by atoms with Gasteiger partial charge in [-0.05, 0) is 49.5 Å². The van der Waals surface area contributed by atoms with Crippen LogP contribution in [0.5, 0.6) is 5.75 Å². The van der Waals surface area contributed by atoms with Crippen LogP contribution in [0.1, 0.15) is 39.0 Å². The molecule has 9 nitrogen and oxygen atoms in total. The number of fused-ring (bicyclic) bond motifs is 3. The van der Waals surface area contributed by atoms with E-state index in [0.29, 0.717) is 46.8 Å². The molecular weight excluding hydrogens is 474 g/mol. The summed E-state index contributed by atoms with van der Waals surface area (Å²) < 4.78 is 11.6. The van der Waals surface area contributed by atoms with Crippen molar-refractivity contribution in [1.82, 2.24) is 15.0 Å². The summed E-state index contributed by atoms with van der Waals surface area (Å²) in [5.41, 5.74) is 13.3. The van der Waals surface area contributed by atoms with Crippen LogP contribution in [0.25, 0.3) is 0 Å². The molecule has 5 heterocycles. The number of hydrogen-bond acceptors (Lipinski definition) is 10. The van der Waals surface area contributed by atoms with Gasteiger partial charge in [-0.15, -0.1) is 0 Å². The Morgan fingerprint density at radius 1 is 1.25 bits per heavy atom. The van der Waals surface area contributed by atoms with Crippen molar-refractivity contribution in [3.05, 3.63) is 18.5 Å². The van der Waals surface area contributed by atoms with Gasteiger partial charge in [0.15, 0.2) is 17.4 Å². The van der Waals surface area contributed by atoms with E-state index in [0.717, 1.165) is 67.8 Å². The number of nitrogens with zero attached hydrogens (tertiary/aromatic N) is 5. The molecule has 4 N–H and O–H groups in total. The third-order valence-corrected chi connectivity index (χ3v) is 9.95. The molecule has 10 heteroatoms. The van der Waals surface area contributed by atoms with Gasteiger partial charge in [0.25, 0.3) is 0 Å². The Bertz CT molecular complexity index is 1110. The lowest BCUT2D eigenvalue weighted by molar-refractivity contribution is 0.157. The summed E-state index contributed by atoms with van der Waals surface area (Å²) >= 11 is 1.50. The van der Waals surface area contributed by atoms with Crippen molar-refractivity contribution in [3.63, 3.8) is 0 Å². The molecule has 2 aromatic rings. The van der Waals surface area contributed by atoms with Crippen LogP contribution in [-0.4, -0.2) is 67.0 Å². The van der Waals surface area contributed by atoms with E-state index in [1.165, 1.54) is 24.6 Å². The average Bonchev–Trinajstić information content (AvgIpc) is 3.43. The highest BCUT2D eigenvalue weighted by Gasteiger charge is 2.46. The smallest absolute Gasteiger partial charge is 0.175 e. The molecule has 1 aliphatic carbocycles. The maximum atomic E-state index is 6.59. The standard InChI is InChI=1S/C26H37N7O2S/c1-16-3-5-26(22(16)27)6-9-32(10-7-26)20-12-30-25(23(28)31-20)36-19-4-8-29-24-21(19)35-15-18-11-17(14-34-2)13-33(18)24/h4,8,12,16-18,22H,3,5-7,9-11,13-15,27H2,1-2H3,(H2,28,31)/t16-,17+,18+,22-/m1/s1. The van der Waals surface area contributed by atoms with E-state index < -0.39 is 0 Å². The Balaban J connectivity index is 1.16. The minimum atomic E-state index is 0.295. The fourth-order valence-corrected chi connectivity index (χ4v) is 7.59. The zero-order chi connectivity index (χ0) is 24.9. The molecule has 1 spiro atoms. The molecule has 194 valence electrons. The second-order valence-corrected chi connectivity index (χ2v) is 12.1. The van der Waals surface area contributed by atoms with Gasteiger partial charge in [0.05, 0.1) is 23.7 Å². The molecule has 0 aromatic carbocycles. The molecule has 0 unspecified atom stereocenters. The molecule has 36 heavy (non-hydrogen) atoms. The molecule has 2 saturated heterocycles. The first-order valence-corrected chi connectivity index (χ1v) is 14.0. The van der Waals surface area contributed by atoms with Gasteiger partial charge in [0, 0.05) is 44.9 Å². The quantitative estimate of drug-likeness (QED) is 0.620. The van der Waals surface area contributed by atoms with Crippen molar-refractivity contribution in [2.24, 2.45) is 23.0 Å². The minimum absolute atomic E-state index is 0.295. The largest absolute Gasteiger partial charge is 0.486 e. The highest BCUT2D eigenvalue weighted by atomic mass is 32.2. The van der Waals surface area contributed by atoms with E-state index in [1.807, 2.05) is 18.5 Å². The summed E-state index contributed by atoms with van der Waals surface area (Å²) in [5.74, 6) is 4.13. The Morgan fingerprint density at radius 2 is 2.08 bits per heavy atom. The number of rotatable bonds is 5. The summed E-state index contributed by atoms with van der Waals surface area (Å²) in [5, 5.41) is 0.691. The van der Waals surface area contributed by atoms with E-state index >= 15 is 0 Å². The van der Waals surface area contributed by atoms with E-state index in [9.17, 15) is 0 Å². The van der Waals surface area contributed by atoms with Gasteiger partial charge in [0.1, 0.15) is 17.5 Å². The lowest BCUT2D eigenvalue weighted by Gasteiger charge is -2.43. The number of aromatic nitrogens is 3. The first kappa shape index (κ1) is 24.1. The first-order valence-electron chi connectivity index (χ1n) is 13.2. The topological polar surface area (TPSA) is 116 Å². The average molecular weight is 512 g/mol. The van der Waals surface area contributed by atoms with Gasteiger partial charge in [-0.3, -0.25) is 0 Å². The molecule has 4 aliphatic rings. The molecule has 6 rings (SSSR count). The van der Waals surface area contributed by atoms with Crippen molar-refractivity contribution in [2.75, 3.05) is 55.5 Å². The normalized spacial score (nSPS) is 28.8. The van der Waals surface area contributed by atoms with Crippen LogP contribution in [0.2, 0.25) is 0 Å². The third-order valence-electron chi connectivity index (χ3n) is 8.90. The van der Waals surface area contributed by atoms with E-state index in [2.05, 4.69) is 21.7 Å². The summed E-state index contributed by atoms with van der Waals surface area (Å²) in [4.78, 5) is 19.8. The third kappa shape index (κ3) is 4.16. The molecule has 0 amide bonds. The second kappa shape index (κ2) is 9.54. The molecular formula is C26H37N7O2S. The lowest BCUT2D eigenvalue weighted by Crippen LogP contribution is -2.48. The molecule has 0 radical (unpaired) electrons. The Hall–Kier alpha value is -2.30. The predicted octanol–water partition coefficient (Wildman–Crippen LogP) is 3.18. The Kier molecular flexibility index (Phi) is 6.37. The van der Waals surface area contributed by atoms with Gasteiger partial charge in [-0.25, -0.2) is 15.0 Å². The van der Waals surface area contributed by atoms with Crippen molar-refractivity contribution < 1.29 is 9.47 Å². The SMILES string of the molecule is COC[C@H]1C[C@H]2COc3c(Sc4ncc(N5CCC6(CC[C@@H](C)[C@H]6N)CC5)nc4N)ccnc3N2C1. The van der Waals surface area contributed by atoms with Crippen molar-refractivity contribution >= 4 is 29.2 Å². The molecule has 3 aliphatic heterocycles. The van der Waals surface area contributed by atoms with Crippen LogP contribution < -0.4 is 26.0 Å². The molecule has 2 aromatic heterocycles. The Morgan fingerprint density at radius 3 is 2.81 bits per heavy atom. The summed E-state index contributed by atoms with van der Waals surface area (Å²) in [6, 6.07) is 2.63. The molecule has 0 bridgehead atoms.